The molecule has 12 aromatic rings. The van der Waals surface area contributed by atoms with Crippen LogP contribution in [0.4, 0.5) is 11.6 Å². The fourth-order valence-electron chi connectivity index (χ4n) is 13.6. The first-order chi connectivity index (χ1) is 59.5. The summed E-state index contributed by atoms with van der Waals surface area (Å²) in [5.41, 5.74) is 12.6. The third-order valence-electron chi connectivity index (χ3n) is 18.8. The summed E-state index contributed by atoms with van der Waals surface area (Å²) >= 11 is 0. The molecule has 4 aliphatic rings. The van der Waals surface area contributed by atoms with Crippen LogP contribution in [0, 0.1) is 22.7 Å². The van der Waals surface area contributed by atoms with Crippen LogP contribution >= 0.6 is 0 Å². The van der Waals surface area contributed by atoms with Crippen molar-refractivity contribution in [3.63, 3.8) is 0 Å². The molecule has 4 unspecified atom stereocenters. The summed E-state index contributed by atoms with van der Waals surface area (Å²) in [6, 6.07) is 41.7. The Morgan fingerprint density at radius 3 is 1.22 bits per heavy atom. The molecule has 0 aliphatic carbocycles. The van der Waals surface area contributed by atoms with Crippen molar-refractivity contribution in [2.75, 3.05) is 55.8 Å². The van der Waals surface area contributed by atoms with E-state index in [1.54, 1.807) is 92.6 Å². The molecule has 3 N–H and O–H groups in total. The van der Waals surface area contributed by atoms with Crippen LogP contribution in [0.2, 0.25) is 0 Å². The monoisotopic (exact) mass is 1970 g/mol. The second-order valence-corrected chi connectivity index (χ2v) is 29.8. The Bertz CT molecular complexity index is 5550. The number of fused-ring (bicyclic) bond motifs is 9. The van der Waals surface area contributed by atoms with Crippen LogP contribution in [0.3, 0.4) is 0 Å². The van der Waals surface area contributed by atoms with E-state index in [0.717, 1.165) is 122 Å². The zero-order chi connectivity index (χ0) is 87.9. The van der Waals surface area contributed by atoms with Crippen molar-refractivity contribution in [2.45, 2.75) is 148 Å². The van der Waals surface area contributed by atoms with Gasteiger partial charge in [-0.15, -0.1) is 0 Å². The third-order valence-corrected chi connectivity index (χ3v) is 18.8. The maximum atomic E-state index is 12.8. The summed E-state index contributed by atoms with van der Waals surface area (Å²) in [6.45, 7) is 19.7. The summed E-state index contributed by atoms with van der Waals surface area (Å²) in [5.74, 6) is 0.565. The number of aliphatic carboxylic acids is 1. The van der Waals surface area contributed by atoms with Crippen molar-refractivity contribution in [2.24, 2.45) is 0 Å². The topological polar surface area (TPSA) is 445 Å². The second-order valence-electron chi connectivity index (χ2n) is 29.8. The molecule has 127 heavy (non-hydrogen) atoms. The smallest absolute Gasteiger partial charge is 1.00 e. The number of carboxylic acid groups (broad SMARTS) is 1. The van der Waals surface area contributed by atoms with Crippen LogP contribution in [-0.4, -0.2) is 201 Å². The number of nitrogens with one attached hydrogen (secondary N) is 1. The van der Waals surface area contributed by atoms with Crippen molar-refractivity contribution in [1.82, 2.24) is 70.0 Å². The van der Waals surface area contributed by atoms with Gasteiger partial charge in [-0.25, -0.2) is 14.8 Å². The number of carboxylic acids is 1. The third kappa shape index (κ3) is 35.3. The predicted octanol–water partition coefficient (Wildman–Crippen LogP) is 1.45. The number of aldehydes is 1. The van der Waals surface area contributed by atoms with E-state index >= 15 is 0 Å². The molecule has 4 bridgehead atoms. The molecule has 37 heteroatoms. The van der Waals surface area contributed by atoms with Crippen molar-refractivity contribution in [1.29, 1.82) is 10.5 Å². The second kappa shape index (κ2) is 57.4. The van der Waals surface area contributed by atoms with Gasteiger partial charge < -0.3 is 66.9 Å². The number of aliphatic hydroxyl groups is 1. The Hall–Kier alpha value is -8.63. The number of ether oxygens (including phenoxy) is 5. The molecule has 16 rings (SSSR count). The van der Waals surface area contributed by atoms with E-state index in [-0.39, 0.29) is 241 Å². The van der Waals surface area contributed by atoms with Gasteiger partial charge in [-0.05, 0) is 128 Å². The van der Waals surface area contributed by atoms with Gasteiger partial charge in [0.05, 0.1) is 132 Å². The number of pyridine rings is 2. The SMILES string of the molecule is C=CC(=O)OC(C)(C)C.CC(C)(C)OC(=O)CCOCc1cccc2nccnc12.N#Cc1ccc(N2C3CCC2CN(C(=O)CCOCc2cccc4nccnc24)C3)nc1.N#Cc1ccc(N2C3CCC2CNC3)nc1.O=C(O)CCOCc1cccc2nccnc12.O=CO[O-].O=Cc1cccc2nccnc12.OCc1cccc2nccnc12.[B].[Cs+].[Cs+].[H-].[H-].[Na+]. The Kier molecular flexibility index (Phi) is 49.2. The fraction of sp³-hybridized carbons (Fsp3) is 0.333. The van der Waals surface area contributed by atoms with Crippen LogP contribution in [0.5, 0.6) is 0 Å². The number of aliphatic hydroxyl groups excluding tert-OH is 1. The number of nitrogens with zero attached hydrogens (tertiary/aromatic N) is 17. The maximum Gasteiger partial charge on any atom is 1.00 e. The molecule has 1 amide bonds. The van der Waals surface area contributed by atoms with Crippen molar-refractivity contribution < 1.29 is 243 Å². The number of carbonyl (C=O) groups excluding carboxylic acids is 5. The molecule has 3 radical (unpaired) electrons. The minimum absolute atomic E-state index is 0. The molecular formula is C90H99BCs2N18NaO15. The van der Waals surface area contributed by atoms with E-state index in [9.17, 15) is 24.0 Å². The number of rotatable bonds is 21. The number of benzene rings is 5. The van der Waals surface area contributed by atoms with Crippen LogP contribution in [0.1, 0.15) is 133 Å². The number of piperazine rings is 2. The molecule has 5 aromatic carbocycles. The molecule has 4 atom stereocenters. The van der Waals surface area contributed by atoms with Gasteiger partial charge in [0, 0.05) is 167 Å². The number of hydrogen-bond acceptors (Lipinski definition) is 31. The number of likely N-dealkylation sites (tertiary alicyclic amines) is 1. The molecule has 4 fully saturated rings. The summed E-state index contributed by atoms with van der Waals surface area (Å²) in [5, 5.41) is 47.1. The van der Waals surface area contributed by atoms with Gasteiger partial charge >= 0.3 is 185 Å². The Balaban J connectivity index is 0.000000396. The van der Waals surface area contributed by atoms with E-state index in [2.05, 4.69) is 98.5 Å². The molecule has 7 aromatic heterocycles. The number of nitriles is 2. The van der Waals surface area contributed by atoms with E-state index in [1.165, 1.54) is 12.8 Å². The number of hydrogen-bond donors (Lipinski definition) is 3. The minimum atomic E-state index is -0.859. The van der Waals surface area contributed by atoms with Crippen LogP contribution in [0.15, 0.2) is 202 Å². The van der Waals surface area contributed by atoms with Gasteiger partial charge in [-0.3, -0.25) is 73.8 Å². The molecule has 645 valence electrons. The number of amides is 1. The Morgan fingerprint density at radius 2 is 0.866 bits per heavy atom. The summed E-state index contributed by atoms with van der Waals surface area (Å²) in [4.78, 5) is 125. The van der Waals surface area contributed by atoms with Gasteiger partial charge in [0.15, 0.2) is 6.29 Å². The van der Waals surface area contributed by atoms with Crippen LogP contribution in [0.25, 0.3) is 55.2 Å². The predicted molar refractivity (Wildman–Crippen MR) is 462 cm³/mol. The van der Waals surface area contributed by atoms with Crippen molar-refractivity contribution in [3.8, 4) is 12.1 Å². The Labute approximate surface area is 881 Å². The van der Waals surface area contributed by atoms with Crippen molar-refractivity contribution >= 4 is 112 Å². The minimum Gasteiger partial charge on any atom is -1.00 e. The first-order valence-corrected chi connectivity index (χ1v) is 39.6. The maximum absolute atomic E-state index is 12.8. The average molecular weight is 1970 g/mol. The average Bonchev–Trinajstić information content (AvgIpc) is 1.02. The van der Waals surface area contributed by atoms with E-state index in [1.807, 2.05) is 144 Å². The van der Waals surface area contributed by atoms with Gasteiger partial charge in [0.25, 0.3) is 6.47 Å². The molecule has 33 nitrogen and oxygen atoms in total. The summed E-state index contributed by atoms with van der Waals surface area (Å²) in [7, 11) is 0. The quantitative estimate of drug-likeness (QED) is 0.0174. The molecule has 11 heterocycles. The normalized spacial score (nSPS) is 14.7. The van der Waals surface area contributed by atoms with E-state index in [4.69, 9.17) is 54.5 Å². The fourth-order valence-corrected chi connectivity index (χ4v) is 13.6. The van der Waals surface area contributed by atoms with Gasteiger partial charge in [-0.2, -0.15) is 10.5 Å². The molecule has 0 spiro atoms. The van der Waals surface area contributed by atoms with Gasteiger partial charge in [0.2, 0.25) is 5.91 Å². The molecule has 0 saturated carbocycles. The zero-order valence-corrected chi connectivity index (χ0v) is 87.3. The van der Waals surface area contributed by atoms with Gasteiger partial charge in [0.1, 0.15) is 35.0 Å². The molecule has 4 aliphatic heterocycles. The molecule has 4 saturated heterocycles. The Morgan fingerprint density at radius 1 is 0.512 bits per heavy atom. The largest absolute Gasteiger partial charge is 1.00 e. The first kappa shape index (κ1) is 109. The first-order valence-electron chi connectivity index (χ1n) is 39.6. The summed E-state index contributed by atoms with van der Waals surface area (Å²) < 4.78 is 26.7. The number of carbonyl (C=O) groups is 6. The standard InChI is InChI=1S/C24H24N6O2.C16H20N2O3.C12H14N4.C12H12N2O3.C9H8N2O.C9H6N2O.C7H12O2.CH2O3.B.2Cs.Na.2H/c25-12-17-4-7-22(28-13-17)30-19-5-6-20(30)15-29(14-19)23(31)8-11-32-16-18-2-1-3-21-24(18)27-10-9-26-21;1-16(2,3)21-14(19)7-10-20-11-12-5-4-6-13-15(12)18-9-8-17-13;13-5-9-1-4-12(15-6-9)16-10-2-3-11(16)8-14-7-10;15-11(16)4-7-17-8-9-2-1-3-10-12(9)14-6-5-13-10;2*12-6-7-2-1-3-8-9(7)11-5-4-10-8;1-5-6(8)9-7(2,3)4;2-1-4-3;;;;;;/h1-4,7,9-10,13,19-20H,5-6,8,11,14-16H2;4-6,8-9H,7,10-11H2,1-3H3;1,4,6,10-11,14H,2-3,7-8H2;1-3,5-6H,4,7-8H2,(H,15,16);1-5,12H,6H2;1-6H;5H,1H2,2-4H3;1,3H;;;;;;/q;;;;;;;;;3*+1;2*-1/p-1. The van der Waals surface area contributed by atoms with E-state index < -0.39 is 17.2 Å². The van der Waals surface area contributed by atoms with Crippen LogP contribution in [-0.2, 0) is 79.0 Å². The summed E-state index contributed by atoms with van der Waals surface area (Å²) in [6.07, 6.45) is 26.8. The molecular weight excluding hydrogens is 1870 g/mol. The number of anilines is 2. The van der Waals surface area contributed by atoms with Crippen molar-refractivity contribution in [3.05, 3.63) is 241 Å². The zero-order valence-electron chi connectivity index (χ0n) is 74.8. The van der Waals surface area contributed by atoms with Crippen LogP contribution < -0.4 is 188 Å². The van der Waals surface area contributed by atoms with E-state index in [0.29, 0.717) is 86.8 Å². The number of para-hydroxylation sites is 5. The number of aromatic nitrogens is 12. The van der Waals surface area contributed by atoms with Gasteiger partial charge in [-0.1, -0.05) is 61.2 Å². The number of esters is 2.